The van der Waals surface area contributed by atoms with Gasteiger partial charge in [-0.05, 0) is 26.8 Å². The third kappa shape index (κ3) is 3.04. The molecule has 2 aromatic rings. The molecule has 0 fully saturated rings. The van der Waals surface area contributed by atoms with Crippen LogP contribution in [0.1, 0.15) is 47.7 Å². The molecule has 0 aliphatic carbocycles. The van der Waals surface area contributed by atoms with Crippen molar-refractivity contribution in [2.45, 2.75) is 46.7 Å². The standard InChI is InChI=1S/C14H22N4S/c1-5-8-18-9-7-16-14(18)12(15-6-2)13-10(3)17-11(4)19-13/h7,9,12,15H,5-6,8H2,1-4H3. The highest BCUT2D eigenvalue weighted by Crippen LogP contribution is 2.29. The smallest absolute Gasteiger partial charge is 0.131 e. The molecule has 1 unspecified atom stereocenters. The van der Waals surface area contributed by atoms with E-state index < -0.39 is 0 Å². The molecular formula is C14H22N4S. The van der Waals surface area contributed by atoms with Crippen LogP contribution in [0.2, 0.25) is 0 Å². The molecule has 2 rings (SSSR count). The molecule has 0 bridgehead atoms. The van der Waals surface area contributed by atoms with E-state index in [0.717, 1.165) is 36.0 Å². The lowest BCUT2D eigenvalue weighted by Gasteiger charge is -2.18. The lowest BCUT2D eigenvalue weighted by atomic mass is 10.2. The summed E-state index contributed by atoms with van der Waals surface area (Å²) < 4.78 is 2.24. The first-order valence-corrected chi connectivity index (χ1v) is 7.67. The number of thiazole rings is 1. The van der Waals surface area contributed by atoms with Crippen LogP contribution in [0, 0.1) is 13.8 Å². The minimum absolute atomic E-state index is 0.151. The molecular weight excluding hydrogens is 256 g/mol. The van der Waals surface area contributed by atoms with Crippen molar-refractivity contribution in [2.75, 3.05) is 6.54 Å². The van der Waals surface area contributed by atoms with E-state index in [9.17, 15) is 0 Å². The van der Waals surface area contributed by atoms with Gasteiger partial charge in [-0.1, -0.05) is 13.8 Å². The Hall–Kier alpha value is -1.20. The summed E-state index contributed by atoms with van der Waals surface area (Å²) in [4.78, 5) is 10.4. The topological polar surface area (TPSA) is 42.7 Å². The van der Waals surface area contributed by atoms with Crippen molar-refractivity contribution in [3.63, 3.8) is 0 Å². The van der Waals surface area contributed by atoms with Crippen molar-refractivity contribution in [1.29, 1.82) is 0 Å². The van der Waals surface area contributed by atoms with Crippen LogP contribution in [-0.4, -0.2) is 21.1 Å². The summed E-state index contributed by atoms with van der Waals surface area (Å²) in [6, 6.07) is 0.151. The van der Waals surface area contributed by atoms with E-state index in [1.807, 2.05) is 6.20 Å². The van der Waals surface area contributed by atoms with Gasteiger partial charge in [0.05, 0.1) is 15.6 Å². The molecule has 0 spiro atoms. The number of aromatic nitrogens is 3. The zero-order chi connectivity index (χ0) is 13.8. The quantitative estimate of drug-likeness (QED) is 0.883. The second-order valence-electron chi connectivity index (χ2n) is 4.65. The summed E-state index contributed by atoms with van der Waals surface area (Å²) in [5, 5.41) is 4.66. The fourth-order valence-electron chi connectivity index (χ4n) is 2.33. The molecule has 104 valence electrons. The Bertz CT molecular complexity index is 529. The maximum Gasteiger partial charge on any atom is 0.131 e. The van der Waals surface area contributed by atoms with Gasteiger partial charge < -0.3 is 9.88 Å². The number of nitrogens with one attached hydrogen (secondary N) is 1. The number of imidazole rings is 1. The lowest BCUT2D eigenvalue weighted by Crippen LogP contribution is -2.25. The van der Waals surface area contributed by atoms with Gasteiger partial charge in [-0.2, -0.15) is 0 Å². The van der Waals surface area contributed by atoms with Gasteiger partial charge in [0.15, 0.2) is 0 Å². The first kappa shape index (κ1) is 14.2. The van der Waals surface area contributed by atoms with Crippen LogP contribution in [0.25, 0.3) is 0 Å². The summed E-state index contributed by atoms with van der Waals surface area (Å²) in [5.41, 5.74) is 1.11. The Morgan fingerprint density at radius 1 is 1.37 bits per heavy atom. The highest BCUT2D eigenvalue weighted by Gasteiger charge is 2.22. The molecule has 0 saturated heterocycles. The predicted molar refractivity (Wildman–Crippen MR) is 79.6 cm³/mol. The number of rotatable bonds is 6. The number of hydrogen-bond donors (Lipinski definition) is 1. The van der Waals surface area contributed by atoms with Crippen molar-refractivity contribution in [3.8, 4) is 0 Å². The van der Waals surface area contributed by atoms with Gasteiger partial charge in [-0.15, -0.1) is 11.3 Å². The second-order valence-corrected chi connectivity index (χ2v) is 5.89. The number of nitrogens with zero attached hydrogens (tertiary/aromatic N) is 3. The number of hydrogen-bond acceptors (Lipinski definition) is 4. The normalized spacial score (nSPS) is 12.8. The molecule has 0 aliphatic heterocycles. The predicted octanol–water partition coefficient (Wildman–Crippen LogP) is 3.07. The van der Waals surface area contributed by atoms with E-state index in [1.54, 1.807) is 11.3 Å². The van der Waals surface area contributed by atoms with Crippen LogP contribution < -0.4 is 5.32 Å². The SMILES string of the molecule is CCCn1ccnc1C(NCC)c1sc(C)nc1C. The van der Waals surface area contributed by atoms with E-state index in [2.05, 4.69) is 53.7 Å². The second kappa shape index (κ2) is 6.30. The average Bonchev–Trinajstić information content (AvgIpc) is 2.94. The highest BCUT2D eigenvalue weighted by molar-refractivity contribution is 7.11. The van der Waals surface area contributed by atoms with Gasteiger partial charge in [0.2, 0.25) is 0 Å². The summed E-state index contributed by atoms with van der Waals surface area (Å²) in [7, 11) is 0. The van der Waals surface area contributed by atoms with Gasteiger partial charge in [0.25, 0.3) is 0 Å². The first-order chi connectivity index (χ1) is 9.17. The van der Waals surface area contributed by atoms with Crippen molar-refractivity contribution >= 4 is 11.3 Å². The average molecular weight is 278 g/mol. The molecule has 1 N–H and O–H groups in total. The third-order valence-corrected chi connectivity index (χ3v) is 4.22. The van der Waals surface area contributed by atoms with Gasteiger partial charge in [0, 0.05) is 18.9 Å². The van der Waals surface area contributed by atoms with E-state index in [1.165, 1.54) is 4.88 Å². The molecule has 2 aromatic heterocycles. The van der Waals surface area contributed by atoms with Crippen LogP contribution >= 0.6 is 11.3 Å². The zero-order valence-electron chi connectivity index (χ0n) is 12.1. The summed E-state index contributed by atoms with van der Waals surface area (Å²) in [6.45, 7) is 10.4. The van der Waals surface area contributed by atoms with Gasteiger partial charge in [0.1, 0.15) is 11.9 Å². The minimum Gasteiger partial charge on any atom is -0.333 e. The lowest BCUT2D eigenvalue weighted by molar-refractivity contribution is 0.547. The third-order valence-electron chi connectivity index (χ3n) is 3.08. The van der Waals surface area contributed by atoms with E-state index in [4.69, 9.17) is 0 Å². The van der Waals surface area contributed by atoms with E-state index >= 15 is 0 Å². The van der Waals surface area contributed by atoms with Gasteiger partial charge >= 0.3 is 0 Å². The largest absolute Gasteiger partial charge is 0.333 e. The summed E-state index contributed by atoms with van der Waals surface area (Å²) in [5.74, 6) is 1.09. The first-order valence-electron chi connectivity index (χ1n) is 6.85. The minimum atomic E-state index is 0.151. The van der Waals surface area contributed by atoms with Gasteiger partial charge in [-0.25, -0.2) is 9.97 Å². The molecule has 19 heavy (non-hydrogen) atoms. The zero-order valence-corrected chi connectivity index (χ0v) is 12.9. The molecule has 0 aromatic carbocycles. The summed E-state index contributed by atoms with van der Waals surface area (Å²) >= 11 is 1.76. The van der Waals surface area contributed by atoms with Gasteiger partial charge in [-0.3, -0.25) is 0 Å². The Labute approximate surface area is 118 Å². The Balaban J connectivity index is 2.39. The van der Waals surface area contributed by atoms with Crippen molar-refractivity contribution in [3.05, 3.63) is 33.8 Å². The molecule has 2 heterocycles. The van der Waals surface area contributed by atoms with E-state index in [0.29, 0.717) is 0 Å². The maximum atomic E-state index is 4.56. The molecule has 0 radical (unpaired) electrons. The van der Waals surface area contributed by atoms with Crippen molar-refractivity contribution in [1.82, 2.24) is 19.9 Å². The van der Waals surface area contributed by atoms with Crippen LogP contribution in [-0.2, 0) is 6.54 Å². The van der Waals surface area contributed by atoms with Crippen LogP contribution in [0.4, 0.5) is 0 Å². The fraction of sp³-hybridized carbons (Fsp3) is 0.571. The molecule has 0 saturated carbocycles. The highest BCUT2D eigenvalue weighted by atomic mass is 32.1. The molecule has 5 heteroatoms. The van der Waals surface area contributed by atoms with E-state index in [-0.39, 0.29) is 6.04 Å². The molecule has 0 amide bonds. The Morgan fingerprint density at radius 3 is 2.74 bits per heavy atom. The Kier molecular flexibility index (Phi) is 4.71. The molecule has 0 aliphatic rings. The van der Waals surface area contributed by atoms with Crippen molar-refractivity contribution in [2.24, 2.45) is 0 Å². The molecule has 4 nitrogen and oxygen atoms in total. The Morgan fingerprint density at radius 2 is 2.16 bits per heavy atom. The van der Waals surface area contributed by atoms with Crippen LogP contribution in [0.15, 0.2) is 12.4 Å². The summed E-state index contributed by atoms with van der Waals surface area (Å²) in [6.07, 6.45) is 5.06. The number of aryl methyl sites for hydroxylation is 3. The van der Waals surface area contributed by atoms with Crippen LogP contribution in [0.3, 0.4) is 0 Å². The molecule has 1 atom stereocenters. The maximum absolute atomic E-state index is 4.56. The monoisotopic (exact) mass is 278 g/mol. The van der Waals surface area contributed by atoms with Crippen LogP contribution in [0.5, 0.6) is 0 Å². The van der Waals surface area contributed by atoms with Crippen molar-refractivity contribution < 1.29 is 0 Å². The fourth-order valence-corrected chi connectivity index (χ4v) is 3.33.